The highest BCUT2D eigenvalue weighted by atomic mass is 19.1. The molecule has 1 aromatic heterocycles. The van der Waals surface area contributed by atoms with Gasteiger partial charge in [0.05, 0.1) is 0 Å². The van der Waals surface area contributed by atoms with Gasteiger partial charge in [-0.05, 0) is 75.5 Å². The number of nitrogens with one attached hydrogen (secondary N) is 1. The molecule has 0 saturated carbocycles. The number of aryl methyl sites for hydroxylation is 1. The van der Waals surface area contributed by atoms with Crippen molar-refractivity contribution in [1.29, 1.82) is 0 Å². The van der Waals surface area contributed by atoms with Gasteiger partial charge in [0.2, 0.25) is 5.91 Å². The monoisotopic (exact) mass is 410 g/mol. The molecule has 2 saturated heterocycles. The third-order valence-corrected chi connectivity index (χ3v) is 6.40. The van der Waals surface area contributed by atoms with E-state index >= 15 is 0 Å². The number of hydrogen-bond donors (Lipinski definition) is 1. The highest BCUT2D eigenvalue weighted by Crippen LogP contribution is 2.31. The Morgan fingerprint density at radius 2 is 1.80 bits per heavy atom. The second kappa shape index (κ2) is 9.13. The first kappa shape index (κ1) is 20.8. The number of anilines is 2. The first-order valence-corrected chi connectivity index (χ1v) is 11.0. The van der Waals surface area contributed by atoms with Gasteiger partial charge >= 0.3 is 0 Å². The van der Waals surface area contributed by atoms with Crippen molar-refractivity contribution in [2.45, 2.75) is 51.5 Å². The van der Waals surface area contributed by atoms with Gasteiger partial charge in [-0.3, -0.25) is 14.7 Å². The van der Waals surface area contributed by atoms with Gasteiger partial charge in [-0.1, -0.05) is 0 Å². The normalized spacial score (nSPS) is 20.9. The Labute approximate surface area is 178 Å². The summed E-state index contributed by atoms with van der Waals surface area (Å²) in [5.41, 5.74) is 3.99. The van der Waals surface area contributed by atoms with Gasteiger partial charge in [0.1, 0.15) is 5.82 Å². The Hall–Kier alpha value is -2.47. The van der Waals surface area contributed by atoms with Gasteiger partial charge < -0.3 is 10.2 Å². The number of hydrogen-bond acceptors (Lipinski definition) is 4. The van der Waals surface area contributed by atoms with Crippen molar-refractivity contribution in [2.75, 3.05) is 31.5 Å². The number of rotatable bonds is 4. The zero-order valence-corrected chi connectivity index (χ0v) is 17.9. The lowest BCUT2D eigenvalue weighted by atomic mass is 9.91. The van der Waals surface area contributed by atoms with Crippen LogP contribution in [0.5, 0.6) is 0 Å². The third kappa shape index (κ3) is 4.98. The number of amides is 1. The topological polar surface area (TPSA) is 48.5 Å². The molecule has 0 aliphatic carbocycles. The average Bonchev–Trinajstić information content (AvgIpc) is 2.75. The lowest BCUT2D eigenvalue weighted by Crippen LogP contribution is -2.49. The van der Waals surface area contributed by atoms with Crippen molar-refractivity contribution in [2.24, 2.45) is 0 Å². The molecule has 160 valence electrons. The summed E-state index contributed by atoms with van der Waals surface area (Å²) in [6.45, 7) is 7.59. The number of piperidine rings is 2. The lowest BCUT2D eigenvalue weighted by molar-refractivity contribution is -0.130. The van der Waals surface area contributed by atoms with E-state index in [-0.39, 0.29) is 11.7 Å². The van der Waals surface area contributed by atoms with Crippen LogP contribution in [0.4, 0.5) is 15.8 Å². The van der Waals surface area contributed by atoms with Gasteiger partial charge in [0.25, 0.3) is 0 Å². The van der Waals surface area contributed by atoms with Crippen molar-refractivity contribution < 1.29 is 9.18 Å². The van der Waals surface area contributed by atoms with Crippen LogP contribution in [0.3, 0.4) is 0 Å². The Morgan fingerprint density at radius 3 is 2.50 bits per heavy atom. The van der Waals surface area contributed by atoms with Crippen molar-refractivity contribution in [1.82, 2.24) is 14.8 Å². The van der Waals surface area contributed by atoms with E-state index in [2.05, 4.69) is 16.3 Å². The molecule has 0 radical (unpaired) electrons. The smallest absolute Gasteiger partial charge is 0.219 e. The van der Waals surface area contributed by atoms with Gasteiger partial charge in [0, 0.05) is 61.3 Å². The molecule has 1 amide bonds. The van der Waals surface area contributed by atoms with E-state index in [4.69, 9.17) is 4.98 Å². The average molecular weight is 411 g/mol. The third-order valence-electron chi connectivity index (χ3n) is 6.40. The summed E-state index contributed by atoms with van der Waals surface area (Å²) in [6.07, 6.45) is 4.44. The van der Waals surface area contributed by atoms with Crippen LogP contribution in [-0.2, 0) is 4.79 Å². The summed E-state index contributed by atoms with van der Waals surface area (Å²) in [4.78, 5) is 21.0. The second-order valence-corrected chi connectivity index (χ2v) is 8.63. The first-order valence-electron chi connectivity index (χ1n) is 11.0. The van der Waals surface area contributed by atoms with Crippen LogP contribution < -0.4 is 5.32 Å². The Kier molecular flexibility index (Phi) is 6.32. The molecule has 0 bridgehead atoms. The highest BCUT2D eigenvalue weighted by Gasteiger charge is 2.30. The molecule has 30 heavy (non-hydrogen) atoms. The first-order chi connectivity index (χ1) is 14.5. The fourth-order valence-electron chi connectivity index (χ4n) is 4.80. The van der Waals surface area contributed by atoms with Crippen molar-refractivity contribution in [3.8, 4) is 0 Å². The number of nitrogens with zero attached hydrogens (tertiary/aromatic N) is 3. The molecule has 0 unspecified atom stereocenters. The predicted octanol–water partition coefficient (Wildman–Crippen LogP) is 4.46. The van der Waals surface area contributed by atoms with Crippen LogP contribution >= 0.6 is 0 Å². The van der Waals surface area contributed by atoms with Crippen molar-refractivity contribution in [3.63, 3.8) is 0 Å². The number of benzene rings is 1. The molecular weight excluding hydrogens is 379 g/mol. The number of pyridine rings is 1. The van der Waals surface area contributed by atoms with Crippen molar-refractivity contribution in [3.05, 3.63) is 53.6 Å². The molecule has 1 N–H and O–H groups in total. The molecule has 0 spiro atoms. The maximum Gasteiger partial charge on any atom is 0.219 e. The van der Waals surface area contributed by atoms with E-state index in [0.717, 1.165) is 68.2 Å². The Morgan fingerprint density at radius 1 is 1.07 bits per heavy atom. The quantitative estimate of drug-likeness (QED) is 0.808. The number of halogens is 1. The molecule has 4 rings (SSSR count). The molecule has 2 aliphatic rings. The van der Waals surface area contributed by atoms with E-state index < -0.39 is 0 Å². The summed E-state index contributed by atoms with van der Waals surface area (Å²) in [5, 5.41) is 3.38. The van der Waals surface area contributed by atoms with Gasteiger partial charge in [-0.25, -0.2) is 4.39 Å². The standard InChI is InChI=1S/C24H31FN4O/c1-17-14-22(27-21-7-5-20(25)6-8-21)15-24(26-17)19-4-3-11-29(16-19)23-9-12-28(13-10-23)18(2)30/h5-8,14-15,19,23H,3-4,9-13,16H2,1-2H3,(H,26,27)/t19-/m1/s1. The molecule has 5 nitrogen and oxygen atoms in total. The lowest BCUT2D eigenvalue weighted by Gasteiger charge is -2.42. The number of carbonyl (C=O) groups is 1. The maximum absolute atomic E-state index is 13.2. The maximum atomic E-state index is 13.2. The van der Waals surface area contributed by atoms with Gasteiger partial charge in [-0.15, -0.1) is 0 Å². The van der Waals surface area contributed by atoms with Gasteiger partial charge in [-0.2, -0.15) is 0 Å². The highest BCUT2D eigenvalue weighted by molar-refractivity contribution is 5.73. The number of aromatic nitrogens is 1. The molecule has 6 heteroatoms. The van der Waals surface area contributed by atoms with Crippen LogP contribution in [-0.4, -0.2) is 52.9 Å². The van der Waals surface area contributed by atoms with Crippen molar-refractivity contribution >= 4 is 17.3 Å². The number of likely N-dealkylation sites (tertiary alicyclic amines) is 2. The largest absolute Gasteiger partial charge is 0.355 e. The Balaban J connectivity index is 1.43. The summed E-state index contributed by atoms with van der Waals surface area (Å²) in [7, 11) is 0. The van der Waals surface area contributed by atoms with Crippen LogP contribution in [0.1, 0.15) is 49.9 Å². The fourth-order valence-corrected chi connectivity index (χ4v) is 4.80. The van der Waals surface area contributed by atoms with Crippen LogP contribution in [0.15, 0.2) is 36.4 Å². The zero-order valence-electron chi connectivity index (χ0n) is 17.9. The molecular formula is C24H31FN4O. The van der Waals surface area contributed by atoms with E-state index in [9.17, 15) is 9.18 Å². The van der Waals surface area contributed by atoms with Crippen LogP contribution in [0, 0.1) is 12.7 Å². The fraction of sp³-hybridized carbons (Fsp3) is 0.500. The van der Waals surface area contributed by atoms with Gasteiger partial charge in [0.15, 0.2) is 0 Å². The minimum atomic E-state index is -0.233. The molecule has 3 heterocycles. The molecule has 2 aromatic rings. The van der Waals surface area contributed by atoms with E-state index in [0.29, 0.717) is 12.0 Å². The number of carbonyl (C=O) groups excluding carboxylic acids is 1. The van der Waals surface area contributed by atoms with E-state index in [1.807, 2.05) is 17.9 Å². The van der Waals surface area contributed by atoms with Crippen LogP contribution in [0.25, 0.3) is 0 Å². The SMILES string of the molecule is CC(=O)N1CCC(N2CCC[C@@H](c3cc(Nc4ccc(F)cc4)cc(C)n3)C2)CC1. The second-order valence-electron chi connectivity index (χ2n) is 8.63. The molecule has 2 aliphatic heterocycles. The molecule has 1 aromatic carbocycles. The molecule has 1 atom stereocenters. The predicted molar refractivity (Wildman–Crippen MR) is 117 cm³/mol. The van der Waals surface area contributed by atoms with E-state index in [1.165, 1.54) is 18.6 Å². The molecule has 2 fully saturated rings. The minimum Gasteiger partial charge on any atom is -0.355 e. The Bertz CT molecular complexity index is 877. The summed E-state index contributed by atoms with van der Waals surface area (Å²) < 4.78 is 13.2. The van der Waals surface area contributed by atoms with E-state index in [1.54, 1.807) is 19.1 Å². The zero-order chi connectivity index (χ0) is 21.1. The minimum absolute atomic E-state index is 0.190. The summed E-state index contributed by atoms with van der Waals surface area (Å²) in [6, 6.07) is 11.2. The summed E-state index contributed by atoms with van der Waals surface area (Å²) >= 11 is 0. The summed E-state index contributed by atoms with van der Waals surface area (Å²) in [5.74, 6) is 0.372. The van der Waals surface area contributed by atoms with Crippen LogP contribution in [0.2, 0.25) is 0 Å².